The zero-order chi connectivity index (χ0) is 11.9. The highest BCUT2D eigenvalue weighted by molar-refractivity contribution is 7.46. The Hall–Kier alpha value is -0.880. The van der Waals surface area contributed by atoms with Crippen LogP contribution in [0.2, 0.25) is 0 Å². The van der Waals surface area contributed by atoms with E-state index < -0.39 is 19.6 Å². The lowest BCUT2D eigenvalue weighted by Crippen LogP contribution is -2.09. The summed E-state index contributed by atoms with van der Waals surface area (Å²) in [6.07, 6.45) is 1.31. The summed E-state index contributed by atoms with van der Waals surface area (Å²) in [5, 5.41) is 8.84. The van der Waals surface area contributed by atoms with Crippen molar-refractivity contribution >= 4 is 13.8 Å². The average Bonchev–Trinajstić information content (AvgIpc) is 2.14. The zero-order valence-corrected chi connectivity index (χ0v) is 9.01. The molecule has 0 aliphatic heterocycles. The number of ether oxygens (including phenoxy) is 1. The molecule has 0 amide bonds. The van der Waals surface area contributed by atoms with Crippen LogP contribution in [0.5, 0.6) is 0 Å². The van der Waals surface area contributed by atoms with E-state index in [9.17, 15) is 9.36 Å². The Kier molecular flexibility index (Phi) is 6.19. The average molecular weight is 240 g/mol. The molecule has 0 atom stereocenters. The standard InChI is InChI=1S/C7H13O7P/c1-2-6(8)7(9)13-4-3-5-14-15(10,11)12/h2,8H,3-5H2,1H3,(H2,10,11,12). The molecule has 0 aromatic rings. The summed E-state index contributed by atoms with van der Waals surface area (Å²) < 4.78 is 18.8. The van der Waals surface area contributed by atoms with Gasteiger partial charge < -0.3 is 19.6 Å². The van der Waals surface area contributed by atoms with Crippen LogP contribution in [0.25, 0.3) is 0 Å². The summed E-state index contributed by atoms with van der Waals surface area (Å²) in [5.41, 5.74) is 0. The van der Waals surface area contributed by atoms with E-state index >= 15 is 0 Å². The molecule has 0 radical (unpaired) electrons. The van der Waals surface area contributed by atoms with Crippen LogP contribution in [0.15, 0.2) is 11.8 Å². The number of esters is 1. The number of hydrogen-bond donors (Lipinski definition) is 3. The number of hydrogen-bond acceptors (Lipinski definition) is 5. The molecular weight excluding hydrogens is 227 g/mol. The molecule has 0 aromatic carbocycles. The predicted octanol–water partition coefficient (Wildman–Crippen LogP) is 0.491. The van der Waals surface area contributed by atoms with Gasteiger partial charge in [-0.3, -0.25) is 4.52 Å². The van der Waals surface area contributed by atoms with Gasteiger partial charge in [-0.1, -0.05) is 0 Å². The van der Waals surface area contributed by atoms with Gasteiger partial charge in [-0.25, -0.2) is 9.36 Å². The fourth-order valence-corrected chi connectivity index (χ4v) is 0.966. The van der Waals surface area contributed by atoms with Gasteiger partial charge in [0.25, 0.3) is 0 Å². The maximum absolute atomic E-state index is 10.8. The summed E-state index contributed by atoms with van der Waals surface area (Å²) in [6.45, 7) is 1.15. The van der Waals surface area contributed by atoms with Gasteiger partial charge in [0, 0.05) is 6.42 Å². The number of rotatable bonds is 6. The monoisotopic (exact) mass is 240 g/mol. The molecule has 0 heterocycles. The Balaban J connectivity index is 3.56. The molecule has 0 spiro atoms. The van der Waals surface area contributed by atoms with Crippen molar-refractivity contribution < 1.29 is 33.5 Å². The van der Waals surface area contributed by atoms with Crippen LogP contribution in [-0.2, 0) is 18.6 Å². The molecule has 7 nitrogen and oxygen atoms in total. The molecule has 0 fully saturated rings. The van der Waals surface area contributed by atoms with Crippen molar-refractivity contribution in [2.75, 3.05) is 13.2 Å². The van der Waals surface area contributed by atoms with Gasteiger partial charge in [0.05, 0.1) is 13.2 Å². The number of aliphatic hydroxyl groups is 1. The second kappa shape index (κ2) is 6.58. The Bertz CT molecular complexity index is 279. The van der Waals surface area contributed by atoms with Gasteiger partial charge in [-0.2, -0.15) is 0 Å². The number of allylic oxidation sites excluding steroid dienone is 1. The molecule has 8 heteroatoms. The van der Waals surface area contributed by atoms with Crippen molar-refractivity contribution in [3.63, 3.8) is 0 Å². The molecule has 0 rings (SSSR count). The molecule has 0 bridgehead atoms. The van der Waals surface area contributed by atoms with E-state index in [1.165, 1.54) is 13.0 Å². The van der Waals surface area contributed by atoms with E-state index in [-0.39, 0.29) is 19.6 Å². The fourth-order valence-electron chi connectivity index (χ4n) is 0.599. The third kappa shape index (κ3) is 8.14. The van der Waals surface area contributed by atoms with E-state index in [0.717, 1.165) is 0 Å². The molecule has 0 aromatic heterocycles. The number of carbonyl (C=O) groups excluding carboxylic acids is 1. The topological polar surface area (TPSA) is 113 Å². The van der Waals surface area contributed by atoms with Gasteiger partial charge in [-0.15, -0.1) is 0 Å². The lowest BCUT2D eigenvalue weighted by Gasteiger charge is -2.05. The Morgan fingerprint density at radius 2 is 2.00 bits per heavy atom. The number of phosphoric ester groups is 1. The largest absolute Gasteiger partial charge is 0.502 e. The lowest BCUT2D eigenvalue weighted by molar-refractivity contribution is -0.142. The summed E-state index contributed by atoms with van der Waals surface area (Å²) >= 11 is 0. The molecule has 0 saturated heterocycles. The van der Waals surface area contributed by atoms with Crippen molar-refractivity contribution in [3.8, 4) is 0 Å². The first-order chi connectivity index (χ1) is 6.87. The fraction of sp³-hybridized carbons (Fsp3) is 0.571. The minimum atomic E-state index is -4.46. The minimum Gasteiger partial charge on any atom is -0.502 e. The van der Waals surface area contributed by atoms with Crippen LogP contribution < -0.4 is 0 Å². The van der Waals surface area contributed by atoms with E-state index in [2.05, 4.69) is 9.26 Å². The second-order valence-electron chi connectivity index (χ2n) is 2.49. The quantitative estimate of drug-likeness (QED) is 0.203. The van der Waals surface area contributed by atoms with Crippen LogP contribution in [0.4, 0.5) is 0 Å². The van der Waals surface area contributed by atoms with Crippen molar-refractivity contribution in [1.82, 2.24) is 0 Å². The van der Waals surface area contributed by atoms with Crippen LogP contribution in [0.1, 0.15) is 13.3 Å². The Labute approximate surface area is 86.6 Å². The van der Waals surface area contributed by atoms with Gasteiger partial charge in [0.1, 0.15) is 0 Å². The van der Waals surface area contributed by atoms with Crippen molar-refractivity contribution in [3.05, 3.63) is 11.8 Å². The Morgan fingerprint density at radius 1 is 1.40 bits per heavy atom. The molecule has 0 aliphatic rings. The van der Waals surface area contributed by atoms with Gasteiger partial charge in [0.2, 0.25) is 0 Å². The van der Waals surface area contributed by atoms with Gasteiger partial charge in [0.15, 0.2) is 5.76 Å². The summed E-state index contributed by atoms with van der Waals surface area (Å²) in [7, 11) is -4.46. The molecular formula is C7H13O7P. The van der Waals surface area contributed by atoms with E-state index in [1.807, 2.05) is 0 Å². The summed E-state index contributed by atoms with van der Waals surface area (Å²) in [6, 6.07) is 0. The predicted molar refractivity (Wildman–Crippen MR) is 50.0 cm³/mol. The molecule has 15 heavy (non-hydrogen) atoms. The number of carbonyl (C=O) groups is 1. The zero-order valence-electron chi connectivity index (χ0n) is 8.12. The van der Waals surface area contributed by atoms with Crippen LogP contribution in [0.3, 0.4) is 0 Å². The third-order valence-electron chi connectivity index (χ3n) is 1.26. The second-order valence-corrected chi connectivity index (χ2v) is 3.73. The minimum absolute atomic E-state index is 0.0866. The van der Waals surface area contributed by atoms with E-state index in [4.69, 9.17) is 14.9 Å². The highest BCUT2D eigenvalue weighted by Crippen LogP contribution is 2.35. The summed E-state index contributed by atoms with van der Waals surface area (Å²) in [5.74, 6) is -1.39. The summed E-state index contributed by atoms with van der Waals surface area (Å²) in [4.78, 5) is 27.4. The van der Waals surface area contributed by atoms with Crippen LogP contribution in [0, 0.1) is 0 Å². The maximum Gasteiger partial charge on any atom is 0.469 e. The van der Waals surface area contributed by atoms with E-state index in [1.54, 1.807) is 0 Å². The van der Waals surface area contributed by atoms with Crippen molar-refractivity contribution in [1.29, 1.82) is 0 Å². The Morgan fingerprint density at radius 3 is 2.47 bits per heavy atom. The van der Waals surface area contributed by atoms with Crippen LogP contribution in [-0.4, -0.2) is 34.1 Å². The first kappa shape index (κ1) is 14.1. The first-order valence-corrected chi connectivity index (χ1v) is 5.62. The first-order valence-electron chi connectivity index (χ1n) is 4.09. The third-order valence-corrected chi connectivity index (χ3v) is 1.78. The maximum atomic E-state index is 10.8. The SMILES string of the molecule is CC=C(O)C(=O)OCCCOP(=O)(O)O. The van der Waals surface area contributed by atoms with Gasteiger partial charge in [-0.05, 0) is 13.0 Å². The van der Waals surface area contributed by atoms with Crippen LogP contribution >= 0.6 is 7.82 Å². The molecule has 88 valence electrons. The molecule has 0 aliphatic carbocycles. The molecule has 0 unspecified atom stereocenters. The molecule has 0 saturated carbocycles. The highest BCUT2D eigenvalue weighted by atomic mass is 31.2. The smallest absolute Gasteiger partial charge is 0.469 e. The highest BCUT2D eigenvalue weighted by Gasteiger charge is 2.13. The van der Waals surface area contributed by atoms with E-state index in [0.29, 0.717) is 0 Å². The lowest BCUT2D eigenvalue weighted by atomic mass is 10.4. The number of phosphoric acid groups is 1. The van der Waals surface area contributed by atoms with Gasteiger partial charge >= 0.3 is 13.8 Å². The molecule has 3 N–H and O–H groups in total. The number of aliphatic hydroxyl groups excluding tert-OH is 1. The van der Waals surface area contributed by atoms with Crippen molar-refractivity contribution in [2.24, 2.45) is 0 Å². The van der Waals surface area contributed by atoms with Crippen molar-refractivity contribution in [2.45, 2.75) is 13.3 Å². The normalized spacial score (nSPS) is 12.6.